The molecule has 2 N–H and O–H groups in total. The number of nitrogens with zero attached hydrogens (tertiary/aromatic N) is 2. The molecule has 2 aromatic carbocycles. The number of ether oxygens (including phenoxy) is 1. The number of nitrogens with two attached hydrogens (primary N) is 1. The van der Waals surface area contributed by atoms with E-state index in [-0.39, 0.29) is 6.04 Å². The molecular formula is C17H19N3O. The fourth-order valence-electron chi connectivity index (χ4n) is 2.52. The summed E-state index contributed by atoms with van der Waals surface area (Å²) in [6.07, 6.45) is 1.89. The van der Waals surface area contributed by atoms with E-state index >= 15 is 0 Å². The van der Waals surface area contributed by atoms with Gasteiger partial charge >= 0.3 is 0 Å². The molecule has 3 aromatic rings. The zero-order valence-electron chi connectivity index (χ0n) is 12.3. The Hall–Kier alpha value is -2.33. The maximum absolute atomic E-state index is 5.97. The van der Waals surface area contributed by atoms with Gasteiger partial charge in [-0.25, -0.2) is 0 Å². The summed E-state index contributed by atoms with van der Waals surface area (Å²) in [5.41, 5.74) is 9.27. The Balaban J connectivity index is 2.02. The molecule has 4 heteroatoms. The van der Waals surface area contributed by atoms with Crippen LogP contribution < -0.4 is 10.5 Å². The van der Waals surface area contributed by atoms with Gasteiger partial charge in [0, 0.05) is 17.0 Å². The van der Waals surface area contributed by atoms with E-state index in [0.717, 1.165) is 27.8 Å². The second-order valence-electron chi connectivity index (χ2n) is 5.22. The van der Waals surface area contributed by atoms with Gasteiger partial charge in [0.15, 0.2) is 0 Å². The van der Waals surface area contributed by atoms with Crippen molar-refractivity contribution in [2.24, 2.45) is 5.73 Å². The lowest BCUT2D eigenvalue weighted by atomic mass is 10.0. The molecule has 0 aliphatic rings. The first kappa shape index (κ1) is 13.6. The van der Waals surface area contributed by atoms with Gasteiger partial charge in [0.1, 0.15) is 5.75 Å². The number of benzene rings is 2. The Kier molecular flexibility index (Phi) is 3.62. The molecule has 0 aliphatic carbocycles. The summed E-state index contributed by atoms with van der Waals surface area (Å²) >= 11 is 0. The largest absolute Gasteiger partial charge is 0.496 e. The van der Waals surface area contributed by atoms with Crippen molar-refractivity contribution < 1.29 is 4.74 Å². The van der Waals surface area contributed by atoms with E-state index in [9.17, 15) is 0 Å². The molecule has 0 saturated heterocycles. The summed E-state index contributed by atoms with van der Waals surface area (Å²) in [5.74, 6) is 0.860. The quantitative estimate of drug-likeness (QED) is 0.799. The van der Waals surface area contributed by atoms with Crippen LogP contribution in [0, 0.1) is 0 Å². The topological polar surface area (TPSA) is 53.1 Å². The fraction of sp³-hybridized carbons (Fsp3) is 0.235. The van der Waals surface area contributed by atoms with Crippen LogP contribution in [0.3, 0.4) is 0 Å². The Morgan fingerprint density at radius 3 is 2.81 bits per heavy atom. The van der Waals surface area contributed by atoms with Crippen LogP contribution in [0.5, 0.6) is 5.75 Å². The van der Waals surface area contributed by atoms with Gasteiger partial charge in [-0.05, 0) is 30.7 Å². The molecule has 1 atom stereocenters. The summed E-state index contributed by atoms with van der Waals surface area (Å²) in [5, 5.41) is 5.61. The molecular weight excluding hydrogens is 262 g/mol. The highest BCUT2D eigenvalue weighted by atomic mass is 16.5. The minimum Gasteiger partial charge on any atom is -0.496 e. The van der Waals surface area contributed by atoms with Crippen LogP contribution >= 0.6 is 0 Å². The number of methoxy groups -OCH3 is 1. The van der Waals surface area contributed by atoms with Crippen molar-refractivity contribution in [2.45, 2.75) is 19.5 Å². The molecule has 21 heavy (non-hydrogen) atoms. The number of para-hydroxylation sites is 1. The van der Waals surface area contributed by atoms with Crippen molar-refractivity contribution in [3.63, 3.8) is 0 Å². The lowest BCUT2D eigenvalue weighted by molar-refractivity contribution is 0.407. The molecule has 0 radical (unpaired) electrons. The van der Waals surface area contributed by atoms with Crippen molar-refractivity contribution >= 4 is 10.9 Å². The molecule has 1 aromatic heterocycles. The van der Waals surface area contributed by atoms with Crippen LogP contribution in [-0.2, 0) is 6.54 Å². The maximum Gasteiger partial charge on any atom is 0.123 e. The summed E-state index contributed by atoms with van der Waals surface area (Å²) in [6.45, 7) is 2.64. The number of aromatic nitrogens is 2. The monoisotopic (exact) mass is 281 g/mol. The summed E-state index contributed by atoms with van der Waals surface area (Å²) in [7, 11) is 1.69. The minimum atomic E-state index is 0.00372. The van der Waals surface area contributed by atoms with E-state index in [2.05, 4.69) is 23.3 Å². The SMILES string of the molecule is COc1ccc(C(C)N)cc1Cn1ncc2ccccc21. The van der Waals surface area contributed by atoms with Crippen molar-refractivity contribution in [1.82, 2.24) is 9.78 Å². The molecule has 0 amide bonds. The van der Waals surface area contributed by atoms with Crippen LogP contribution in [0.4, 0.5) is 0 Å². The van der Waals surface area contributed by atoms with Crippen LogP contribution in [0.25, 0.3) is 10.9 Å². The highest BCUT2D eigenvalue weighted by molar-refractivity contribution is 5.78. The normalized spacial score (nSPS) is 12.5. The second kappa shape index (κ2) is 5.58. The van der Waals surface area contributed by atoms with E-state index in [1.807, 2.05) is 42.1 Å². The predicted octanol–water partition coefficient (Wildman–Crippen LogP) is 3.11. The van der Waals surface area contributed by atoms with E-state index in [1.165, 1.54) is 0 Å². The van der Waals surface area contributed by atoms with E-state index in [4.69, 9.17) is 10.5 Å². The van der Waals surface area contributed by atoms with Gasteiger partial charge < -0.3 is 10.5 Å². The van der Waals surface area contributed by atoms with E-state index in [0.29, 0.717) is 6.54 Å². The Labute approximate surface area is 124 Å². The molecule has 3 rings (SSSR count). The molecule has 108 valence electrons. The third kappa shape index (κ3) is 2.62. The van der Waals surface area contributed by atoms with Gasteiger partial charge in [0.05, 0.1) is 25.4 Å². The van der Waals surface area contributed by atoms with Gasteiger partial charge in [-0.2, -0.15) is 5.10 Å². The third-order valence-electron chi connectivity index (χ3n) is 3.70. The lowest BCUT2D eigenvalue weighted by Gasteiger charge is -2.13. The van der Waals surface area contributed by atoms with E-state index < -0.39 is 0 Å². The van der Waals surface area contributed by atoms with Gasteiger partial charge in [-0.15, -0.1) is 0 Å². The molecule has 0 aliphatic heterocycles. The minimum absolute atomic E-state index is 0.00372. The number of hydrogen-bond donors (Lipinski definition) is 1. The molecule has 1 unspecified atom stereocenters. The molecule has 4 nitrogen and oxygen atoms in total. The van der Waals surface area contributed by atoms with Crippen molar-refractivity contribution in [3.05, 3.63) is 59.8 Å². The van der Waals surface area contributed by atoms with Crippen molar-refractivity contribution in [2.75, 3.05) is 7.11 Å². The average molecular weight is 281 g/mol. The smallest absolute Gasteiger partial charge is 0.123 e. The fourth-order valence-corrected chi connectivity index (χ4v) is 2.52. The van der Waals surface area contributed by atoms with Gasteiger partial charge in [-0.1, -0.05) is 24.3 Å². The Bertz CT molecular complexity index is 762. The van der Waals surface area contributed by atoms with Crippen LogP contribution in [0.15, 0.2) is 48.7 Å². The maximum atomic E-state index is 5.97. The van der Waals surface area contributed by atoms with Crippen molar-refractivity contribution in [3.8, 4) is 5.75 Å². The second-order valence-corrected chi connectivity index (χ2v) is 5.22. The third-order valence-corrected chi connectivity index (χ3v) is 3.70. The predicted molar refractivity (Wildman–Crippen MR) is 84.4 cm³/mol. The zero-order valence-corrected chi connectivity index (χ0v) is 12.3. The Morgan fingerprint density at radius 1 is 1.24 bits per heavy atom. The molecule has 0 spiro atoms. The number of hydrogen-bond acceptors (Lipinski definition) is 3. The summed E-state index contributed by atoms with van der Waals surface area (Å²) in [6, 6.07) is 14.3. The lowest BCUT2D eigenvalue weighted by Crippen LogP contribution is -2.08. The van der Waals surface area contributed by atoms with Crippen molar-refractivity contribution in [1.29, 1.82) is 0 Å². The van der Waals surface area contributed by atoms with Crippen LogP contribution in [-0.4, -0.2) is 16.9 Å². The number of fused-ring (bicyclic) bond motifs is 1. The zero-order chi connectivity index (χ0) is 14.8. The average Bonchev–Trinajstić information content (AvgIpc) is 2.90. The first-order valence-electron chi connectivity index (χ1n) is 7.02. The number of rotatable bonds is 4. The highest BCUT2D eigenvalue weighted by Crippen LogP contribution is 2.24. The van der Waals surface area contributed by atoms with Crippen LogP contribution in [0.2, 0.25) is 0 Å². The Morgan fingerprint density at radius 2 is 2.05 bits per heavy atom. The van der Waals surface area contributed by atoms with Gasteiger partial charge in [0.2, 0.25) is 0 Å². The first-order valence-corrected chi connectivity index (χ1v) is 7.02. The van der Waals surface area contributed by atoms with Gasteiger partial charge in [0.25, 0.3) is 0 Å². The first-order chi connectivity index (χ1) is 10.2. The summed E-state index contributed by atoms with van der Waals surface area (Å²) < 4.78 is 7.44. The molecule has 0 bridgehead atoms. The standard InChI is InChI=1S/C17H19N3O/c1-12(18)13-7-8-17(21-2)15(9-13)11-20-16-6-4-3-5-14(16)10-19-20/h3-10,12H,11,18H2,1-2H3. The van der Waals surface area contributed by atoms with Crippen LogP contribution in [0.1, 0.15) is 24.1 Å². The van der Waals surface area contributed by atoms with Gasteiger partial charge in [-0.3, -0.25) is 4.68 Å². The summed E-state index contributed by atoms with van der Waals surface area (Å²) in [4.78, 5) is 0. The molecule has 1 heterocycles. The van der Waals surface area contributed by atoms with E-state index in [1.54, 1.807) is 7.11 Å². The molecule has 0 saturated carbocycles. The molecule has 0 fully saturated rings. The highest BCUT2D eigenvalue weighted by Gasteiger charge is 2.10.